The molecule has 0 saturated heterocycles. The lowest BCUT2D eigenvalue weighted by molar-refractivity contribution is -0.200. The van der Waals surface area contributed by atoms with Gasteiger partial charge in [0.2, 0.25) is 16.3 Å². The van der Waals surface area contributed by atoms with E-state index >= 15 is 0 Å². The lowest BCUT2D eigenvalue weighted by Gasteiger charge is -2.71. The SMILES string of the molecule is NCC12CC3(CNC(=O)c4c(O)c(=O)ccn4CC(O)C(O)CO)C[C@](CCC(=O)c4c(O)c(=O)ccn4CC(O)C(O)CO)(C1)C[C@](CCC(=O)c1c(O)c(=O)ccn1CC(O)C(O)CO)(C2)C3. The van der Waals surface area contributed by atoms with Gasteiger partial charge >= 0.3 is 0 Å². The van der Waals surface area contributed by atoms with Crippen LogP contribution in [-0.2, 0) is 19.6 Å². The smallest absolute Gasteiger partial charge is 0.271 e. The number of aromatic hydroxyl groups is 3. The maximum atomic E-state index is 14.2. The largest absolute Gasteiger partial charge is 0.503 e. The molecule has 7 rings (SSSR count). The minimum atomic E-state index is -1.62. The fourth-order valence-electron chi connectivity index (χ4n) is 12.1. The summed E-state index contributed by atoms with van der Waals surface area (Å²) in [6.07, 6.45) is -3.99. The molecule has 0 radical (unpaired) electrons. The summed E-state index contributed by atoms with van der Waals surface area (Å²) in [6, 6.07) is 2.90. The maximum absolute atomic E-state index is 14.2. The number of hydrogen-bond donors (Lipinski definition) is 14. The summed E-state index contributed by atoms with van der Waals surface area (Å²) in [6.45, 7) is -3.90. The Hall–Kier alpha value is -5.34. The molecule has 0 aromatic carbocycles. The minimum Gasteiger partial charge on any atom is -0.503 e. The molecule has 10 atom stereocenters. The number of pyridine rings is 3. The van der Waals surface area contributed by atoms with E-state index in [-0.39, 0.29) is 38.8 Å². The number of nitrogens with one attached hydrogen (secondary N) is 1. The van der Waals surface area contributed by atoms with E-state index < -0.39 is 166 Å². The first-order valence-electron chi connectivity index (χ1n) is 22.7. The van der Waals surface area contributed by atoms with Crippen LogP contribution in [0.2, 0.25) is 0 Å². The first-order chi connectivity index (χ1) is 32.5. The zero-order valence-corrected chi connectivity index (χ0v) is 37.9. The monoisotopic (exact) mass is 973 g/mol. The second-order valence-corrected chi connectivity index (χ2v) is 19.8. The predicted octanol–water partition coefficient (Wildman–Crippen LogP) is -3.23. The van der Waals surface area contributed by atoms with Gasteiger partial charge in [0.1, 0.15) is 29.7 Å². The van der Waals surface area contributed by atoms with Crippen LogP contribution in [-0.4, -0.2) is 162 Å². The Bertz CT molecular complexity index is 2290. The molecule has 69 heavy (non-hydrogen) atoms. The highest BCUT2D eigenvalue weighted by atomic mass is 16.4. The van der Waals surface area contributed by atoms with Crippen molar-refractivity contribution in [1.29, 1.82) is 0 Å². The van der Waals surface area contributed by atoms with Crippen molar-refractivity contribution in [2.24, 2.45) is 27.4 Å². The highest BCUT2D eigenvalue weighted by Crippen LogP contribution is 2.75. The van der Waals surface area contributed by atoms with Crippen LogP contribution in [0.3, 0.4) is 0 Å². The molecule has 8 unspecified atom stereocenters. The molecule has 3 aromatic rings. The average Bonchev–Trinajstić information content (AvgIpc) is 3.31. The Morgan fingerprint density at radius 2 is 0.841 bits per heavy atom. The van der Waals surface area contributed by atoms with Gasteiger partial charge in [-0.2, -0.15) is 0 Å². The maximum Gasteiger partial charge on any atom is 0.271 e. The minimum absolute atomic E-state index is 0.0997. The second kappa shape index (κ2) is 20.9. The molecule has 0 aliphatic heterocycles. The number of carbonyl (C=O) groups is 3. The van der Waals surface area contributed by atoms with Crippen LogP contribution in [0.1, 0.15) is 95.7 Å². The first-order valence-corrected chi connectivity index (χ1v) is 22.7. The van der Waals surface area contributed by atoms with E-state index in [1.54, 1.807) is 0 Å². The molecule has 1 amide bonds. The van der Waals surface area contributed by atoms with Crippen LogP contribution in [0, 0.1) is 21.7 Å². The van der Waals surface area contributed by atoms with Gasteiger partial charge in [-0.3, -0.25) is 28.8 Å². The molecule has 15 N–H and O–H groups in total. The number of Topliss-reactive ketones (excluding diaryl/α,β-unsaturated/α-hetero) is 2. The zero-order chi connectivity index (χ0) is 50.8. The van der Waals surface area contributed by atoms with Crippen molar-refractivity contribution in [3.63, 3.8) is 0 Å². The van der Waals surface area contributed by atoms with E-state index in [4.69, 9.17) is 5.73 Å². The van der Waals surface area contributed by atoms with Gasteiger partial charge in [0.25, 0.3) is 5.91 Å². The Morgan fingerprint density at radius 3 is 1.20 bits per heavy atom. The number of nitrogens with zero attached hydrogens (tertiary/aromatic N) is 3. The molecule has 4 fully saturated rings. The van der Waals surface area contributed by atoms with Crippen LogP contribution in [0.25, 0.3) is 0 Å². The van der Waals surface area contributed by atoms with Crippen molar-refractivity contribution in [2.75, 3.05) is 32.9 Å². The topological polar surface area (TPSA) is 398 Å². The van der Waals surface area contributed by atoms with Gasteiger partial charge in [0, 0.05) is 56.2 Å². The average molecular weight is 974 g/mol. The van der Waals surface area contributed by atoms with Crippen LogP contribution >= 0.6 is 0 Å². The Morgan fingerprint density at radius 1 is 0.522 bits per heavy atom. The molecule has 23 nitrogen and oxygen atoms in total. The van der Waals surface area contributed by atoms with Gasteiger partial charge in [-0.15, -0.1) is 0 Å². The fraction of sp³-hybridized carbons (Fsp3) is 0.609. The molecule has 3 aromatic heterocycles. The number of aromatic nitrogens is 3. The van der Waals surface area contributed by atoms with E-state index in [1.807, 2.05) is 0 Å². The molecular weight excluding hydrogens is 911 g/mol. The quantitative estimate of drug-likeness (QED) is 0.0393. The third-order valence-electron chi connectivity index (χ3n) is 14.6. The fourth-order valence-corrected chi connectivity index (χ4v) is 12.1. The van der Waals surface area contributed by atoms with E-state index in [2.05, 4.69) is 5.32 Å². The third kappa shape index (κ3) is 11.0. The van der Waals surface area contributed by atoms with Crippen LogP contribution in [0.5, 0.6) is 17.2 Å². The van der Waals surface area contributed by atoms with Crippen molar-refractivity contribution >= 4 is 17.5 Å². The van der Waals surface area contributed by atoms with E-state index in [0.29, 0.717) is 38.5 Å². The van der Waals surface area contributed by atoms with Gasteiger partial charge in [0.05, 0.1) is 57.8 Å². The van der Waals surface area contributed by atoms with Crippen molar-refractivity contribution < 1.29 is 75.7 Å². The van der Waals surface area contributed by atoms with E-state index in [0.717, 1.165) is 38.1 Å². The number of hydrogen-bond acceptors (Lipinski definition) is 19. The van der Waals surface area contributed by atoms with Gasteiger partial charge in [-0.05, 0) is 79.6 Å². The molecular formula is C46H63N5O18. The number of carbonyl (C=O) groups excluding carboxylic acids is 3. The summed E-state index contributed by atoms with van der Waals surface area (Å²) in [5.41, 5.74) is -0.535. The Labute approximate surface area is 394 Å². The number of aliphatic hydroxyl groups excluding tert-OH is 9. The van der Waals surface area contributed by atoms with Crippen LogP contribution < -0.4 is 27.3 Å². The molecule has 4 aliphatic rings. The molecule has 4 bridgehead atoms. The molecule has 4 saturated carbocycles. The molecule has 380 valence electrons. The lowest BCUT2D eigenvalue weighted by Crippen LogP contribution is -2.65. The van der Waals surface area contributed by atoms with Gasteiger partial charge in [-0.25, -0.2) is 0 Å². The summed E-state index contributed by atoms with van der Waals surface area (Å²) >= 11 is 0. The van der Waals surface area contributed by atoms with Crippen molar-refractivity contribution in [2.45, 2.75) is 120 Å². The highest BCUT2D eigenvalue weighted by Gasteiger charge is 2.67. The molecule has 0 spiro atoms. The number of amides is 1. The Balaban J connectivity index is 1.36. The summed E-state index contributed by atoms with van der Waals surface area (Å²) < 4.78 is 3.27. The zero-order valence-electron chi connectivity index (χ0n) is 37.9. The second-order valence-electron chi connectivity index (χ2n) is 19.8. The van der Waals surface area contributed by atoms with Crippen LogP contribution in [0.15, 0.2) is 51.2 Å². The molecule has 3 heterocycles. The predicted molar refractivity (Wildman–Crippen MR) is 240 cm³/mol. The molecule has 4 aliphatic carbocycles. The van der Waals surface area contributed by atoms with Gasteiger partial charge in [0.15, 0.2) is 34.5 Å². The number of nitrogens with two attached hydrogens (primary N) is 1. The molecule has 23 heteroatoms. The van der Waals surface area contributed by atoms with Crippen molar-refractivity contribution in [3.8, 4) is 17.2 Å². The Kier molecular flexibility index (Phi) is 16.1. The van der Waals surface area contributed by atoms with Gasteiger partial charge in [-0.1, -0.05) is 0 Å². The summed E-state index contributed by atoms with van der Waals surface area (Å²) in [7, 11) is 0. The summed E-state index contributed by atoms with van der Waals surface area (Å²) in [5, 5.41) is 125. The third-order valence-corrected chi connectivity index (χ3v) is 14.6. The lowest BCUT2D eigenvalue weighted by atomic mass is 9.34. The first kappa shape index (κ1) is 53.0. The number of rotatable bonds is 24. The van der Waals surface area contributed by atoms with Crippen molar-refractivity contribution in [3.05, 3.63) is 84.5 Å². The summed E-state index contributed by atoms with van der Waals surface area (Å²) in [4.78, 5) is 80.5. The van der Waals surface area contributed by atoms with E-state index in [1.165, 1.54) is 12.4 Å². The normalized spacial score (nSPS) is 25.4. The standard InChI is InChI=1S/C46H63N5O18/c47-23-45-18-43(6-1-25(55)36-39(66)27(57)3-8-49(36)11-30(60)33(63)14-52)17-44(19-45,7-2-26(56)37-40(67)28(58)4-9-50(37)12-31(61)34(64)15-53)21-46(20-43,22-45)24-48-42(69)38-41(68)29(59)5-10-51(38)13-32(62)35(65)16-54/h3-5,8-10,30-35,52-54,60-68H,1-2,6-7,11-24,47H2,(H,48,69)/t30?,31?,32?,33?,34?,35?,43-,44+,45?,46?. The van der Waals surface area contributed by atoms with Crippen molar-refractivity contribution in [1.82, 2.24) is 19.0 Å². The van der Waals surface area contributed by atoms with E-state index in [9.17, 15) is 90.0 Å². The van der Waals surface area contributed by atoms with Crippen LogP contribution in [0.4, 0.5) is 0 Å². The summed E-state index contributed by atoms with van der Waals surface area (Å²) in [5.74, 6) is -5.06. The number of aliphatic hydroxyl groups is 9. The number of ketones is 2. The van der Waals surface area contributed by atoms with Gasteiger partial charge < -0.3 is 86.0 Å². The highest BCUT2D eigenvalue weighted by molar-refractivity contribution is 5.97.